The number of rotatable bonds is 7. The Morgan fingerprint density at radius 2 is 2.11 bits per heavy atom. The lowest BCUT2D eigenvalue weighted by Gasteiger charge is -2.09. The van der Waals surface area contributed by atoms with Crippen LogP contribution in [0.25, 0.3) is 0 Å². The molecule has 0 spiro atoms. The van der Waals surface area contributed by atoms with Crippen LogP contribution in [0.1, 0.15) is 11.3 Å². The first kappa shape index (κ1) is 13.2. The summed E-state index contributed by atoms with van der Waals surface area (Å²) in [5, 5.41) is 11.9. The van der Waals surface area contributed by atoms with Gasteiger partial charge in [0.25, 0.3) is 0 Å². The molecule has 19 heavy (non-hydrogen) atoms. The van der Waals surface area contributed by atoms with Crippen LogP contribution in [0, 0.1) is 11.3 Å². The first-order valence-corrected chi connectivity index (χ1v) is 6.21. The Balaban J connectivity index is 1.80. The van der Waals surface area contributed by atoms with E-state index >= 15 is 0 Å². The van der Waals surface area contributed by atoms with Gasteiger partial charge in [-0.1, -0.05) is 18.2 Å². The maximum Gasteiger partial charge on any atom is 0.174 e. The van der Waals surface area contributed by atoms with Gasteiger partial charge >= 0.3 is 0 Å². The molecule has 0 radical (unpaired) electrons. The Hall–Kier alpha value is -2.25. The molecule has 0 atom stereocenters. The molecule has 0 aliphatic heterocycles. The van der Waals surface area contributed by atoms with E-state index in [0.29, 0.717) is 6.54 Å². The Kier molecular flexibility index (Phi) is 5.03. The third-order valence-corrected chi connectivity index (χ3v) is 2.71. The summed E-state index contributed by atoms with van der Waals surface area (Å²) in [7, 11) is 0. The molecule has 0 aliphatic rings. The van der Waals surface area contributed by atoms with Gasteiger partial charge in [0, 0.05) is 25.1 Å². The topological polar surface area (TPSA) is 58.2 Å². The Morgan fingerprint density at radius 1 is 1.21 bits per heavy atom. The van der Waals surface area contributed by atoms with E-state index in [2.05, 4.69) is 5.32 Å². The predicted octanol–water partition coefficient (Wildman–Crippen LogP) is 2.51. The Labute approximate surface area is 112 Å². The molecular formula is C15H16N2O2. The monoisotopic (exact) mass is 256 g/mol. The maximum absolute atomic E-state index is 8.54. The highest BCUT2D eigenvalue weighted by Gasteiger charge is 2.02. The molecular weight excluding hydrogens is 240 g/mol. The minimum Gasteiger partial charge on any atom is -0.478 e. The van der Waals surface area contributed by atoms with Gasteiger partial charge in [-0.3, -0.25) is 0 Å². The minimum atomic E-state index is 0.0728. The predicted molar refractivity (Wildman–Crippen MR) is 71.7 cm³/mol. The average Bonchev–Trinajstić information content (AvgIpc) is 2.95. The molecule has 98 valence electrons. The summed E-state index contributed by atoms with van der Waals surface area (Å²) in [4.78, 5) is 0. The molecule has 0 amide bonds. The van der Waals surface area contributed by atoms with Gasteiger partial charge in [-0.05, 0) is 18.2 Å². The molecule has 1 aromatic carbocycles. The zero-order valence-electron chi connectivity index (χ0n) is 10.6. The number of ether oxygens (including phenoxy) is 1. The molecule has 0 bridgehead atoms. The third-order valence-electron chi connectivity index (χ3n) is 2.71. The van der Waals surface area contributed by atoms with Crippen molar-refractivity contribution in [1.29, 1.82) is 5.26 Å². The van der Waals surface area contributed by atoms with E-state index in [1.807, 2.05) is 42.5 Å². The fourth-order valence-electron chi connectivity index (χ4n) is 1.79. The van der Waals surface area contributed by atoms with Gasteiger partial charge in [0.1, 0.15) is 17.6 Å². The van der Waals surface area contributed by atoms with Crippen molar-refractivity contribution in [3.05, 3.63) is 54.0 Å². The van der Waals surface area contributed by atoms with E-state index in [1.54, 1.807) is 6.26 Å². The smallest absolute Gasteiger partial charge is 0.174 e. The van der Waals surface area contributed by atoms with Crippen molar-refractivity contribution >= 4 is 0 Å². The second-order valence-electron chi connectivity index (χ2n) is 4.06. The van der Waals surface area contributed by atoms with Crippen molar-refractivity contribution < 1.29 is 9.15 Å². The lowest BCUT2D eigenvalue weighted by Crippen LogP contribution is -2.17. The molecule has 1 heterocycles. The molecule has 4 nitrogen and oxygen atoms in total. The second kappa shape index (κ2) is 7.24. The zero-order chi connectivity index (χ0) is 13.3. The summed E-state index contributed by atoms with van der Waals surface area (Å²) in [5.41, 5.74) is 1.05. The number of para-hydroxylation sites is 1. The fraction of sp³-hybridized carbons (Fsp3) is 0.267. The number of nitrogens with one attached hydrogen (secondary N) is 1. The average molecular weight is 256 g/mol. The van der Waals surface area contributed by atoms with Crippen LogP contribution in [0.2, 0.25) is 0 Å². The third kappa shape index (κ3) is 4.16. The number of nitrogens with zero attached hydrogens (tertiary/aromatic N) is 1. The normalized spacial score (nSPS) is 10.1. The van der Waals surface area contributed by atoms with Crippen molar-refractivity contribution in [1.82, 2.24) is 5.32 Å². The lowest BCUT2D eigenvalue weighted by molar-refractivity contribution is 0.362. The van der Waals surface area contributed by atoms with Crippen LogP contribution in [0.3, 0.4) is 0 Å². The number of nitriles is 1. The first-order chi connectivity index (χ1) is 9.40. The van der Waals surface area contributed by atoms with Gasteiger partial charge in [0.05, 0.1) is 6.26 Å². The van der Waals surface area contributed by atoms with Crippen LogP contribution in [0.15, 0.2) is 47.1 Å². The quantitative estimate of drug-likeness (QED) is 0.773. The molecule has 0 aliphatic carbocycles. The van der Waals surface area contributed by atoms with Crippen LogP contribution in [-0.2, 0) is 13.0 Å². The zero-order valence-corrected chi connectivity index (χ0v) is 10.6. The molecule has 1 aromatic heterocycles. The van der Waals surface area contributed by atoms with Crippen LogP contribution < -0.4 is 10.1 Å². The van der Waals surface area contributed by atoms with E-state index in [9.17, 15) is 0 Å². The molecule has 0 fully saturated rings. The summed E-state index contributed by atoms with van der Waals surface area (Å²) < 4.78 is 10.6. The van der Waals surface area contributed by atoms with E-state index in [4.69, 9.17) is 14.4 Å². The van der Waals surface area contributed by atoms with E-state index in [1.165, 1.54) is 0 Å². The van der Waals surface area contributed by atoms with Gasteiger partial charge < -0.3 is 14.5 Å². The van der Waals surface area contributed by atoms with Crippen molar-refractivity contribution in [2.45, 2.75) is 13.0 Å². The molecule has 2 rings (SSSR count). The van der Waals surface area contributed by atoms with Gasteiger partial charge in [0.15, 0.2) is 6.61 Å². The van der Waals surface area contributed by atoms with Crippen LogP contribution in [0.5, 0.6) is 5.75 Å². The molecule has 0 saturated carbocycles. The SMILES string of the molecule is N#CCOc1ccccc1CNCCc1ccco1. The second-order valence-corrected chi connectivity index (χ2v) is 4.06. The fourth-order valence-corrected chi connectivity index (χ4v) is 1.79. The van der Waals surface area contributed by atoms with Gasteiger partial charge in [-0.2, -0.15) is 5.26 Å². The Bertz CT molecular complexity index is 529. The largest absolute Gasteiger partial charge is 0.478 e. The summed E-state index contributed by atoms with van der Waals surface area (Å²) >= 11 is 0. The maximum atomic E-state index is 8.54. The number of benzene rings is 1. The van der Waals surface area contributed by atoms with Crippen molar-refractivity contribution in [3.8, 4) is 11.8 Å². The summed E-state index contributed by atoms with van der Waals surface area (Å²) in [6, 6.07) is 13.6. The molecule has 0 saturated heterocycles. The van der Waals surface area contributed by atoms with E-state index < -0.39 is 0 Å². The number of furan rings is 1. The van der Waals surface area contributed by atoms with Crippen LogP contribution in [0.4, 0.5) is 0 Å². The minimum absolute atomic E-state index is 0.0728. The van der Waals surface area contributed by atoms with Crippen molar-refractivity contribution in [3.63, 3.8) is 0 Å². The summed E-state index contributed by atoms with van der Waals surface area (Å²) in [6.07, 6.45) is 2.54. The van der Waals surface area contributed by atoms with Crippen LogP contribution in [-0.4, -0.2) is 13.2 Å². The van der Waals surface area contributed by atoms with E-state index in [0.717, 1.165) is 30.0 Å². The summed E-state index contributed by atoms with van der Waals surface area (Å²) in [5.74, 6) is 1.73. The van der Waals surface area contributed by atoms with Gasteiger partial charge in [0.2, 0.25) is 0 Å². The highest BCUT2D eigenvalue weighted by molar-refractivity contribution is 5.33. The standard InChI is InChI=1S/C15H16N2O2/c16-8-11-19-15-6-2-1-4-13(15)12-17-9-7-14-5-3-10-18-14/h1-6,10,17H,7,9,11-12H2. The van der Waals surface area contributed by atoms with Crippen molar-refractivity contribution in [2.75, 3.05) is 13.2 Å². The van der Waals surface area contributed by atoms with E-state index in [-0.39, 0.29) is 6.61 Å². The number of hydrogen-bond donors (Lipinski definition) is 1. The highest BCUT2D eigenvalue weighted by Crippen LogP contribution is 2.17. The highest BCUT2D eigenvalue weighted by atomic mass is 16.5. The van der Waals surface area contributed by atoms with Crippen LogP contribution >= 0.6 is 0 Å². The summed E-state index contributed by atoms with van der Waals surface area (Å²) in [6.45, 7) is 1.62. The lowest BCUT2D eigenvalue weighted by atomic mass is 10.2. The number of hydrogen-bond acceptors (Lipinski definition) is 4. The van der Waals surface area contributed by atoms with Gasteiger partial charge in [-0.25, -0.2) is 0 Å². The molecule has 0 unspecified atom stereocenters. The molecule has 1 N–H and O–H groups in total. The molecule has 2 aromatic rings. The van der Waals surface area contributed by atoms with Crippen molar-refractivity contribution in [2.24, 2.45) is 0 Å². The Morgan fingerprint density at radius 3 is 2.89 bits per heavy atom. The van der Waals surface area contributed by atoms with Gasteiger partial charge in [-0.15, -0.1) is 0 Å². The first-order valence-electron chi connectivity index (χ1n) is 6.21. The molecule has 4 heteroatoms.